The number of fused-ring (bicyclic) bond motifs is 2. The minimum atomic E-state index is 0.321. The molecule has 0 fully saturated rings. The highest BCUT2D eigenvalue weighted by Crippen LogP contribution is 2.46. The number of rotatable bonds is 2. The molecule has 0 saturated heterocycles. The van der Waals surface area contributed by atoms with E-state index in [0.717, 1.165) is 37.6 Å². The normalized spacial score (nSPS) is 12.7. The van der Waals surface area contributed by atoms with Gasteiger partial charge in [0.25, 0.3) is 0 Å². The third-order valence-electron chi connectivity index (χ3n) is 3.77. The molecule has 0 aliphatic carbocycles. The van der Waals surface area contributed by atoms with Crippen LogP contribution in [-0.2, 0) is 0 Å². The van der Waals surface area contributed by atoms with Crippen molar-refractivity contribution in [2.24, 2.45) is 0 Å². The summed E-state index contributed by atoms with van der Waals surface area (Å²) < 4.78 is 0. The molecule has 0 amide bonds. The van der Waals surface area contributed by atoms with Crippen LogP contribution in [0.2, 0.25) is 0 Å². The summed E-state index contributed by atoms with van der Waals surface area (Å²) in [6, 6.07) is 19.0. The minimum Gasteiger partial charge on any atom is -0.198 e. The third kappa shape index (κ3) is 2.52. The molecule has 0 radical (unpaired) electrons. The minimum absolute atomic E-state index is 0.321. The summed E-state index contributed by atoms with van der Waals surface area (Å²) in [5.41, 5.74) is 5.30. The molecule has 0 unspecified atom stereocenters. The van der Waals surface area contributed by atoms with Gasteiger partial charge >= 0.3 is 0 Å². The van der Waals surface area contributed by atoms with E-state index in [-0.39, 0.29) is 0 Å². The molecule has 0 aromatic heterocycles. The van der Waals surface area contributed by atoms with Crippen molar-refractivity contribution in [1.82, 2.24) is 0 Å². The first-order valence-electron chi connectivity index (χ1n) is 7.09. The molecule has 0 spiro atoms. The monoisotopic (exact) mass is 302 g/mol. The second kappa shape index (κ2) is 6.10. The highest BCUT2D eigenvalue weighted by atomic mass is 32.2. The largest absolute Gasteiger partial charge is 0.198 e. The van der Waals surface area contributed by atoms with Gasteiger partial charge in [-0.3, -0.25) is 0 Å². The van der Waals surface area contributed by atoms with Crippen molar-refractivity contribution in [3.63, 3.8) is 0 Å². The van der Waals surface area contributed by atoms with E-state index in [1.165, 1.54) is 0 Å². The van der Waals surface area contributed by atoms with Crippen LogP contribution in [0.3, 0.4) is 0 Å². The smallest absolute Gasteiger partial charge is 0.0670 e. The molecule has 0 saturated carbocycles. The van der Waals surface area contributed by atoms with Crippen LogP contribution in [0, 0.1) is 29.6 Å². The van der Waals surface area contributed by atoms with E-state index in [1.54, 1.807) is 11.8 Å². The van der Waals surface area contributed by atoms with Crippen LogP contribution >= 0.6 is 11.8 Å². The Labute approximate surface area is 134 Å². The fourth-order valence-corrected chi connectivity index (χ4v) is 3.89. The lowest BCUT2D eigenvalue weighted by Crippen LogP contribution is -1.93. The molecule has 0 N–H and O–H groups in total. The zero-order valence-corrected chi connectivity index (χ0v) is 13.1. The van der Waals surface area contributed by atoms with Crippen molar-refractivity contribution >= 4 is 22.9 Å². The van der Waals surface area contributed by atoms with Gasteiger partial charge in [0, 0.05) is 9.79 Å². The molecular weight excluding hydrogens is 288 g/mol. The predicted molar refractivity (Wildman–Crippen MR) is 89.0 cm³/mol. The Morgan fingerprint density at radius 2 is 1.50 bits per heavy atom. The number of allylic oxidation sites excluding steroid dienone is 2. The fraction of sp³-hybridized carbons (Fsp3) is 0.158. The van der Waals surface area contributed by atoms with Crippen molar-refractivity contribution in [3.8, 4) is 12.1 Å². The standard InChI is InChI=1S/C19H14N2S/c1-13-6-7-19-17(12-13)15(9-11-21)14(8-10-20)16-4-2-3-5-18(16)22-19/h2-7,12H,8-9H2,1H3. The maximum absolute atomic E-state index is 9.27. The quantitative estimate of drug-likeness (QED) is 0.766. The van der Waals surface area contributed by atoms with Crippen molar-refractivity contribution in [2.45, 2.75) is 29.6 Å². The zero-order chi connectivity index (χ0) is 15.5. The second-order valence-electron chi connectivity index (χ2n) is 5.22. The SMILES string of the molecule is Cc1ccc2c(c1)C(CC#N)=C(CC#N)c1ccccc1S2. The Balaban J connectivity index is 2.36. The Morgan fingerprint density at radius 3 is 2.23 bits per heavy atom. The van der Waals surface area contributed by atoms with Crippen molar-refractivity contribution in [2.75, 3.05) is 0 Å². The van der Waals surface area contributed by atoms with Gasteiger partial charge in [-0.05, 0) is 41.3 Å². The number of aryl methyl sites for hydroxylation is 1. The molecule has 0 atom stereocenters. The molecule has 2 aromatic carbocycles. The van der Waals surface area contributed by atoms with Crippen molar-refractivity contribution in [3.05, 3.63) is 59.2 Å². The number of benzene rings is 2. The van der Waals surface area contributed by atoms with Gasteiger partial charge in [-0.2, -0.15) is 10.5 Å². The highest BCUT2D eigenvalue weighted by Gasteiger charge is 2.21. The lowest BCUT2D eigenvalue weighted by molar-refractivity contribution is 1.26. The maximum Gasteiger partial charge on any atom is 0.0670 e. The second-order valence-corrected chi connectivity index (χ2v) is 6.31. The van der Waals surface area contributed by atoms with Crippen LogP contribution in [0.4, 0.5) is 0 Å². The van der Waals surface area contributed by atoms with Crippen LogP contribution in [0.25, 0.3) is 11.1 Å². The number of nitriles is 2. The first-order valence-corrected chi connectivity index (χ1v) is 7.90. The van der Waals surface area contributed by atoms with Gasteiger partial charge in [-0.15, -0.1) is 0 Å². The van der Waals surface area contributed by atoms with E-state index in [0.29, 0.717) is 12.8 Å². The summed E-state index contributed by atoms with van der Waals surface area (Å²) in [6.45, 7) is 2.05. The molecule has 22 heavy (non-hydrogen) atoms. The molecule has 3 heteroatoms. The zero-order valence-electron chi connectivity index (χ0n) is 12.3. The number of nitrogens with zero attached hydrogens (tertiary/aromatic N) is 2. The van der Waals surface area contributed by atoms with Gasteiger partial charge < -0.3 is 0 Å². The molecule has 3 rings (SSSR count). The molecule has 0 bridgehead atoms. The van der Waals surface area contributed by atoms with Crippen LogP contribution in [0.5, 0.6) is 0 Å². The van der Waals surface area contributed by atoms with E-state index in [4.69, 9.17) is 0 Å². The topological polar surface area (TPSA) is 47.6 Å². The molecular formula is C19H14N2S. The van der Waals surface area contributed by atoms with Crippen LogP contribution in [-0.4, -0.2) is 0 Å². The summed E-state index contributed by atoms with van der Waals surface area (Å²) in [6.07, 6.45) is 0.643. The average Bonchev–Trinajstić information content (AvgIpc) is 2.64. The molecule has 2 nitrogen and oxygen atoms in total. The van der Waals surface area contributed by atoms with E-state index in [9.17, 15) is 10.5 Å². The van der Waals surface area contributed by atoms with Gasteiger partial charge in [0.15, 0.2) is 0 Å². The first kappa shape index (κ1) is 14.4. The average molecular weight is 302 g/mol. The fourth-order valence-electron chi connectivity index (χ4n) is 2.78. The molecule has 106 valence electrons. The Morgan fingerprint density at radius 1 is 0.864 bits per heavy atom. The van der Waals surface area contributed by atoms with E-state index in [1.807, 2.05) is 18.2 Å². The van der Waals surface area contributed by atoms with E-state index < -0.39 is 0 Å². The van der Waals surface area contributed by atoms with Gasteiger partial charge in [0.1, 0.15) is 0 Å². The van der Waals surface area contributed by atoms with Gasteiger partial charge in [0.2, 0.25) is 0 Å². The summed E-state index contributed by atoms with van der Waals surface area (Å²) in [7, 11) is 0. The van der Waals surface area contributed by atoms with E-state index >= 15 is 0 Å². The highest BCUT2D eigenvalue weighted by molar-refractivity contribution is 7.99. The Bertz CT molecular complexity index is 850. The number of hydrogen-bond acceptors (Lipinski definition) is 3. The van der Waals surface area contributed by atoms with E-state index in [2.05, 4.69) is 43.3 Å². The van der Waals surface area contributed by atoms with Crippen LogP contribution in [0.1, 0.15) is 29.5 Å². The summed E-state index contributed by atoms with van der Waals surface area (Å²) in [4.78, 5) is 2.29. The van der Waals surface area contributed by atoms with Gasteiger partial charge in [-0.1, -0.05) is 47.7 Å². The van der Waals surface area contributed by atoms with Crippen molar-refractivity contribution < 1.29 is 0 Å². The summed E-state index contributed by atoms with van der Waals surface area (Å²) in [5, 5.41) is 18.5. The molecule has 1 heterocycles. The maximum atomic E-state index is 9.27. The van der Waals surface area contributed by atoms with Gasteiger partial charge in [-0.25, -0.2) is 0 Å². The first-order chi connectivity index (χ1) is 10.7. The third-order valence-corrected chi connectivity index (χ3v) is 4.92. The summed E-state index contributed by atoms with van der Waals surface area (Å²) in [5.74, 6) is 0. The van der Waals surface area contributed by atoms with Gasteiger partial charge in [0.05, 0.1) is 25.0 Å². The van der Waals surface area contributed by atoms with Crippen molar-refractivity contribution in [1.29, 1.82) is 10.5 Å². The molecule has 1 aliphatic rings. The number of hydrogen-bond donors (Lipinski definition) is 0. The predicted octanol–water partition coefficient (Wildman–Crippen LogP) is 5.20. The van der Waals surface area contributed by atoms with Crippen LogP contribution < -0.4 is 0 Å². The Kier molecular flexibility index (Phi) is 4.00. The molecule has 2 aromatic rings. The van der Waals surface area contributed by atoms with Crippen LogP contribution in [0.15, 0.2) is 52.3 Å². The lowest BCUT2D eigenvalue weighted by atomic mass is 9.90. The Hall–Kier alpha value is -2.49. The summed E-state index contributed by atoms with van der Waals surface area (Å²) >= 11 is 1.71. The lowest BCUT2D eigenvalue weighted by Gasteiger charge is -2.12. The molecule has 1 aliphatic heterocycles.